The molecule has 1 aromatic carbocycles. The van der Waals surface area contributed by atoms with Crippen LogP contribution < -0.4 is 5.32 Å². The van der Waals surface area contributed by atoms with Gasteiger partial charge < -0.3 is 19.7 Å². The molecule has 0 aliphatic carbocycles. The topological polar surface area (TPSA) is 135 Å². The number of likely N-dealkylation sites (N-methyl/N-ethyl adjacent to an activating group) is 1. The van der Waals surface area contributed by atoms with E-state index in [0.29, 0.717) is 17.8 Å². The maximum atomic E-state index is 13.6. The number of aromatic nitrogens is 1. The largest absolute Gasteiger partial charge is 0.469 e. The van der Waals surface area contributed by atoms with Crippen LogP contribution in [0.4, 0.5) is 0 Å². The molecule has 0 bridgehead atoms. The number of carbonyl (C=O) groups excluding carboxylic acids is 5. The minimum atomic E-state index is -0.791. The maximum absolute atomic E-state index is 13.6. The Hall–Kier alpha value is -3.64. The molecule has 0 unspecified atom stereocenters. The number of amides is 2. The lowest BCUT2D eigenvalue weighted by Crippen LogP contribution is -2.45. The fourth-order valence-corrected chi connectivity index (χ4v) is 7.30. The summed E-state index contributed by atoms with van der Waals surface area (Å²) in [5.74, 6) is -2.25. The van der Waals surface area contributed by atoms with E-state index in [1.807, 2.05) is 51.2 Å². The van der Waals surface area contributed by atoms with Gasteiger partial charge >= 0.3 is 11.9 Å². The smallest absolute Gasteiger partial charge is 0.308 e. The van der Waals surface area contributed by atoms with Crippen molar-refractivity contribution in [3.05, 3.63) is 52.0 Å². The summed E-state index contributed by atoms with van der Waals surface area (Å²) in [4.78, 5) is 72.7. The summed E-state index contributed by atoms with van der Waals surface area (Å²) in [5.41, 5.74) is 1.18. The molecule has 3 rings (SSSR count). The van der Waals surface area contributed by atoms with Crippen molar-refractivity contribution in [3.8, 4) is 0 Å². The molecule has 48 heavy (non-hydrogen) atoms. The lowest BCUT2D eigenvalue weighted by molar-refractivity contribution is -0.149. The Bertz CT molecular complexity index is 1400. The third-order valence-corrected chi connectivity index (χ3v) is 10.1. The number of rotatable bonds is 17. The van der Waals surface area contributed by atoms with Crippen molar-refractivity contribution in [2.24, 2.45) is 17.8 Å². The Morgan fingerprint density at radius 1 is 1.06 bits per heavy atom. The molecule has 11 nitrogen and oxygen atoms in total. The molecule has 0 spiro atoms. The lowest BCUT2D eigenvalue weighted by Gasteiger charge is -2.35. The van der Waals surface area contributed by atoms with Crippen molar-refractivity contribution in [1.82, 2.24) is 20.1 Å². The molecule has 1 N–H and O–H groups in total. The number of hydrogen-bond donors (Lipinski definition) is 1. The van der Waals surface area contributed by atoms with Crippen molar-refractivity contribution in [1.29, 1.82) is 0 Å². The first-order valence-corrected chi connectivity index (χ1v) is 17.6. The van der Waals surface area contributed by atoms with Gasteiger partial charge in [0.15, 0.2) is 11.9 Å². The molecule has 1 aliphatic heterocycles. The molecule has 264 valence electrons. The minimum absolute atomic E-state index is 0.000786. The second-order valence-electron chi connectivity index (χ2n) is 13.4. The predicted molar refractivity (Wildman–Crippen MR) is 184 cm³/mol. The van der Waals surface area contributed by atoms with Crippen molar-refractivity contribution in [2.45, 2.75) is 97.4 Å². The van der Waals surface area contributed by atoms with E-state index in [0.717, 1.165) is 24.9 Å². The van der Waals surface area contributed by atoms with Gasteiger partial charge in [0.1, 0.15) is 10.7 Å². The van der Waals surface area contributed by atoms with Crippen LogP contribution in [0.25, 0.3) is 0 Å². The third kappa shape index (κ3) is 10.9. The molecular weight excluding hydrogens is 632 g/mol. The fourth-order valence-electron chi connectivity index (χ4n) is 6.46. The first kappa shape index (κ1) is 38.8. The van der Waals surface area contributed by atoms with Gasteiger partial charge in [-0.25, -0.2) is 4.98 Å². The van der Waals surface area contributed by atoms with Crippen LogP contribution in [0.3, 0.4) is 0 Å². The van der Waals surface area contributed by atoms with Gasteiger partial charge in [0, 0.05) is 50.2 Å². The van der Waals surface area contributed by atoms with Gasteiger partial charge in [-0.05, 0) is 50.8 Å². The molecule has 1 aromatic heterocycles. The van der Waals surface area contributed by atoms with Crippen molar-refractivity contribution in [2.75, 3.05) is 27.7 Å². The molecular formula is C36H52N4O7S. The summed E-state index contributed by atoms with van der Waals surface area (Å²) in [6.07, 6.45) is 2.33. The number of likely N-dealkylation sites (tertiary alicyclic amines) is 1. The maximum Gasteiger partial charge on any atom is 0.308 e. The standard InChI is InChI=1S/C36H52N4O7S/c1-22(2)30(40(7)35(44)23(3)18-31(42)29-15-12-16-39(29)6)20-32(47-25(5)41)34-38-28(21-48-34)33(43)37-27(17-24(4)36(45)46-8)19-26-13-10-9-11-14-26/h9-11,13-14,21-24,27,29-30,32H,12,15-20H2,1-8H3,(H,37,43)/t23-,24+,27-,29-,30-,32-/m1/s1. The predicted octanol–water partition coefficient (Wildman–Crippen LogP) is 4.85. The highest BCUT2D eigenvalue weighted by Crippen LogP contribution is 2.31. The van der Waals surface area contributed by atoms with Crippen LogP contribution in [-0.4, -0.2) is 90.2 Å². The summed E-state index contributed by atoms with van der Waals surface area (Å²) in [6.45, 7) is 9.74. The second kappa shape index (κ2) is 18.2. The van der Waals surface area contributed by atoms with Gasteiger partial charge in [-0.1, -0.05) is 58.0 Å². The number of benzene rings is 1. The van der Waals surface area contributed by atoms with Crippen molar-refractivity contribution in [3.63, 3.8) is 0 Å². The first-order valence-electron chi connectivity index (χ1n) is 16.8. The number of nitrogens with zero attached hydrogens (tertiary/aromatic N) is 3. The van der Waals surface area contributed by atoms with Gasteiger partial charge in [-0.15, -0.1) is 11.3 Å². The van der Waals surface area contributed by atoms with Crippen LogP contribution in [0.15, 0.2) is 35.7 Å². The van der Waals surface area contributed by atoms with E-state index in [-0.39, 0.29) is 60.2 Å². The monoisotopic (exact) mass is 684 g/mol. The average molecular weight is 685 g/mol. The zero-order valence-corrected chi connectivity index (χ0v) is 30.4. The molecule has 12 heteroatoms. The van der Waals surface area contributed by atoms with Crippen LogP contribution >= 0.6 is 11.3 Å². The Labute approximate surface area is 288 Å². The van der Waals surface area contributed by atoms with E-state index in [1.54, 1.807) is 31.2 Å². The van der Waals surface area contributed by atoms with Gasteiger partial charge in [0.2, 0.25) is 5.91 Å². The van der Waals surface area contributed by atoms with E-state index in [1.165, 1.54) is 25.4 Å². The Morgan fingerprint density at radius 2 is 1.75 bits per heavy atom. The molecule has 1 saturated heterocycles. The van der Waals surface area contributed by atoms with Gasteiger partial charge in [-0.3, -0.25) is 28.9 Å². The number of methoxy groups -OCH3 is 1. The molecule has 0 radical (unpaired) electrons. The van der Waals surface area contributed by atoms with Crippen LogP contribution in [0, 0.1) is 17.8 Å². The molecule has 1 aliphatic rings. The Balaban J connectivity index is 1.75. The van der Waals surface area contributed by atoms with Crippen LogP contribution in [0.2, 0.25) is 0 Å². The molecule has 0 saturated carbocycles. The highest BCUT2D eigenvalue weighted by molar-refractivity contribution is 7.09. The summed E-state index contributed by atoms with van der Waals surface area (Å²) in [6, 6.07) is 8.86. The SMILES string of the molecule is COC(=O)[C@@H](C)C[C@H](Cc1ccccc1)NC(=O)c1csc([C@@H](C[C@H](C(C)C)N(C)C(=O)[C@H](C)CC(=O)[C@H]2CCCN2C)OC(C)=O)n1. The normalized spacial score (nSPS) is 18.0. The average Bonchev–Trinajstić information content (AvgIpc) is 3.71. The molecule has 1 fully saturated rings. The van der Waals surface area contributed by atoms with Crippen LogP contribution in [0.1, 0.15) is 93.9 Å². The lowest BCUT2D eigenvalue weighted by atomic mass is 9.93. The second-order valence-corrected chi connectivity index (χ2v) is 14.3. The number of Topliss-reactive ketones (excluding diaryl/α,β-unsaturated/α-hetero) is 1. The first-order chi connectivity index (χ1) is 22.7. The highest BCUT2D eigenvalue weighted by atomic mass is 32.1. The number of nitrogens with one attached hydrogen (secondary N) is 1. The summed E-state index contributed by atoms with van der Waals surface area (Å²) < 4.78 is 10.6. The van der Waals surface area contributed by atoms with E-state index in [2.05, 4.69) is 15.2 Å². The van der Waals surface area contributed by atoms with Crippen molar-refractivity contribution >= 4 is 40.9 Å². The van der Waals surface area contributed by atoms with Crippen LogP contribution in [0.5, 0.6) is 0 Å². The molecule has 2 heterocycles. The molecule has 2 amide bonds. The molecule has 2 aromatic rings. The Kier molecular flexibility index (Phi) is 14.7. The zero-order valence-electron chi connectivity index (χ0n) is 29.6. The van der Waals surface area contributed by atoms with E-state index >= 15 is 0 Å². The number of esters is 2. The van der Waals surface area contributed by atoms with E-state index < -0.39 is 29.8 Å². The number of ether oxygens (including phenoxy) is 2. The fraction of sp³-hybridized carbons (Fsp3) is 0.611. The van der Waals surface area contributed by atoms with Crippen LogP contribution in [-0.2, 0) is 35.1 Å². The summed E-state index contributed by atoms with van der Waals surface area (Å²) in [5, 5.41) is 5.10. The van der Waals surface area contributed by atoms with E-state index in [9.17, 15) is 24.0 Å². The third-order valence-electron chi connectivity index (χ3n) is 9.13. The number of carbonyl (C=O) groups is 5. The number of hydrogen-bond acceptors (Lipinski definition) is 10. The van der Waals surface area contributed by atoms with E-state index in [4.69, 9.17) is 9.47 Å². The van der Waals surface area contributed by atoms with Gasteiger partial charge in [0.05, 0.1) is 19.1 Å². The number of thiazole rings is 1. The quantitative estimate of drug-likeness (QED) is 0.232. The number of ketones is 1. The minimum Gasteiger partial charge on any atom is -0.469 e. The zero-order chi connectivity index (χ0) is 35.5. The highest BCUT2D eigenvalue weighted by Gasteiger charge is 2.35. The summed E-state index contributed by atoms with van der Waals surface area (Å²) >= 11 is 1.21. The summed E-state index contributed by atoms with van der Waals surface area (Å²) in [7, 11) is 5.01. The molecule has 6 atom stereocenters. The van der Waals surface area contributed by atoms with Gasteiger partial charge in [-0.2, -0.15) is 0 Å². The van der Waals surface area contributed by atoms with Crippen molar-refractivity contribution < 1.29 is 33.4 Å². The van der Waals surface area contributed by atoms with Gasteiger partial charge in [0.25, 0.3) is 5.91 Å². The Morgan fingerprint density at radius 3 is 2.33 bits per heavy atom.